The zero-order valence-corrected chi connectivity index (χ0v) is 70.1. The zero-order valence-electron chi connectivity index (χ0n) is 68.3. The second-order valence-electron chi connectivity index (χ2n) is 31.1. The molecule has 0 aliphatic carbocycles. The number of carbonyl (C=O) groups excluding carboxylic acids is 4. The number of ether oxygens (including phenoxy) is 4. The normalized spacial score (nSPS) is 14.4. The molecule has 0 aromatic carbocycles. The van der Waals surface area contributed by atoms with Gasteiger partial charge in [0.05, 0.1) is 26.4 Å². The molecule has 0 aliphatic rings. The molecule has 0 bridgehead atoms. The van der Waals surface area contributed by atoms with Crippen molar-refractivity contribution >= 4 is 39.5 Å². The third-order valence-electron chi connectivity index (χ3n) is 20.7. The van der Waals surface area contributed by atoms with E-state index in [-0.39, 0.29) is 25.7 Å². The third-order valence-corrected chi connectivity index (χ3v) is 22.6. The molecule has 0 fully saturated rings. The van der Waals surface area contributed by atoms with Gasteiger partial charge in [-0.2, -0.15) is 0 Å². The molecule has 17 nitrogen and oxygen atoms in total. The smallest absolute Gasteiger partial charge is 0.462 e. The first-order valence-corrected chi connectivity index (χ1v) is 47.1. The van der Waals surface area contributed by atoms with Crippen molar-refractivity contribution in [3.63, 3.8) is 0 Å². The average molecular weight is 1520 g/mol. The lowest BCUT2D eigenvalue weighted by Gasteiger charge is -2.21. The van der Waals surface area contributed by atoms with Crippen molar-refractivity contribution < 1.29 is 80.2 Å². The monoisotopic (exact) mass is 1520 g/mol. The lowest BCUT2D eigenvalue weighted by molar-refractivity contribution is -0.161. The number of phosphoric ester groups is 2. The van der Waals surface area contributed by atoms with Crippen LogP contribution in [0.25, 0.3) is 0 Å². The van der Waals surface area contributed by atoms with Crippen LogP contribution in [0.2, 0.25) is 0 Å². The number of aliphatic hydroxyl groups is 1. The van der Waals surface area contributed by atoms with Gasteiger partial charge in [-0.3, -0.25) is 37.3 Å². The van der Waals surface area contributed by atoms with Crippen molar-refractivity contribution in [2.24, 2.45) is 11.8 Å². The number of carbonyl (C=O) groups is 4. The minimum atomic E-state index is -4.96. The standard InChI is InChI=1S/C85H166O17P2/c1-7-11-13-15-17-19-21-22-23-24-25-26-34-39-45-51-57-63-69-84(89)101-80(73-95-82(87)67-61-55-49-43-20-18-16-14-12-8-2)75-99-103(91,92)97-71-79(86)72-98-104(93,94)100-76-81(102-85(90)70-64-58-52-46-40-35-30-28-32-37-42-48-54-60-66-78(6)10-4)74-96-83(88)68-62-56-50-44-38-33-29-27-31-36-41-47-53-59-65-77(5)9-3/h77-81,86H,7-76H2,1-6H3,(H,91,92)(H,93,94)/t77?,78?,79-,80+,81+/m0/s1. The summed E-state index contributed by atoms with van der Waals surface area (Å²) in [6.45, 7) is 9.77. The lowest BCUT2D eigenvalue weighted by Crippen LogP contribution is -2.30. The predicted octanol–water partition coefficient (Wildman–Crippen LogP) is 25.8. The first-order chi connectivity index (χ1) is 50.4. The Morgan fingerprint density at radius 2 is 0.462 bits per heavy atom. The van der Waals surface area contributed by atoms with Crippen molar-refractivity contribution in [3.05, 3.63) is 0 Å². The van der Waals surface area contributed by atoms with Crippen molar-refractivity contribution in [2.45, 2.75) is 471 Å². The molecule has 0 amide bonds. The molecule has 4 unspecified atom stereocenters. The van der Waals surface area contributed by atoms with Gasteiger partial charge in [0.2, 0.25) is 0 Å². The third kappa shape index (κ3) is 75.5. The van der Waals surface area contributed by atoms with Crippen LogP contribution in [-0.2, 0) is 65.4 Å². The average Bonchev–Trinajstić information content (AvgIpc) is 0.940. The molecule has 0 saturated carbocycles. The number of hydrogen-bond donors (Lipinski definition) is 3. The summed E-state index contributed by atoms with van der Waals surface area (Å²) in [6.07, 6.45) is 67.8. The molecular formula is C85H166O17P2. The molecule has 0 radical (unpaired) electrons. The molecule has 7 atom stereocenters. The molecule has 0 saturated heterocycles. The molecule has 0 spiro atoms. The van der Waals surface area contributed by atoms with E-state index in [1.54, 1.807) is 0 Å². The molecular weight excluding hydrogens is 1350 g/mol. The Morgan fingerprint density at radius 1 is 0.269 bits per heavy atom. The summed E-state index contributed by atoms with van der Waals surface area (Å²) in [5.74, 6) is -0.406. The zero-order chi connectivity index (χ0) is 76.4. The van der Waals surface area contributed by atoms with Crippen LogP contribution in [0.1, 0.15) is 452 Å². The van der Waals surface area contributed by atoms with E-state index in [2.05, 4.69) is 41.5 Å². The van der Waals surface area contributed by atoms with Crippen LogP contribution in [0.4, 0.5) is 0 Å². The van der Waals surface area contributed by atoms with Crippen LogP contribution in [0, 0.1) is 11.8 Å². The minimum Gasteiger partial charge on any atom is -0.462 e. The van der Waals surface area contributed by atoms with Crippen molar-refractivity contribution in [3.8, 4) is 0 Å². The minimum absolute atomic E-state index is 0.108. The number of unbranched alkanes of at least 4 members (excludes halogenated alkanes) is 52. The molecule has 618 valence electrons. The van der Waals surface area contributed by atoms with E-state index in [0.29, 0.717) is 25.7 Å². The summed E-state index contributed by atoms with van der Waals surface area (Å²) in [7, 11) is -9.93. The van der Waals surface area contributed by atoms with E-state index < -0.39 is 97.5 Å². The van der Waals surface area contributed by atoms with E-state index in [9.17, 15) is 43.2 Å². The SMILES string of the molecule is CCCCCCCCCCCCCCCCCCCCC(=O)O[C@H](COC(=O)CCCCCCCCCCCC)COP(=O)(O)OC[C@H](O)COP(=O)(O)OC[C@@H](COC(=O)CCCCCCCCCCCCCCCCC(C)CC)OC(=O)CCCCCCCCCCCCCCCCC(C)CC. The molecule has 0 aliphatic heterocycles. The van der Waals surface area contributed by atoms with Crippen LogP contribution in [-0.4, -0.2) is 96.7 Å². The van der Waals surface area contributed by atoms with Crippen LogP contribution < -0.4 is 0 Å². The summed E-state index contributed by atoms with van der Waals surface area (Å²) in [4.78, 5) is 73.2. The van der Waals surface area contributed by atoms with E-state index >= 15 is 0 Å². The fraction of sp³-hybridized carbons (Fsp3) is 0.953. The Kier molecular flexibility index (Phi) is 75.0. The highest BCUT2D eigenvalue weighted by atomic mass is 31.2. The number of hydrogen-bond acceptors (Lipinski definition) is 15. The molecule has 0 rings (SSSR count). The number of aliphatic hydroxyl groups excluding tert-OH is 1. The van der Waals surface area contributed by atoms with Crippen molar-refractivity contribution in [2.75, 3.05) is 39.6 Å². The summed E-state index contributed by atoms with van der Waals surface area (Å²) in [6, 6.07) is 0. The highest BCUT2D eigenvalue weighted by Crippen LogP contribution is 2.45. The Morgan fingerprint density at radius 3 is 0.683 bits per heavy atom. The van der Waals surface area contributed by atoms with Gasteiger partial charge in [-0.15, -0.1) is 0 Å². The van der Waals surface area contributed by atoms with Crippen LogP contribution in [0.3, 0.4) is 0 Å². The first kappa shape index (κ1) is 102. The van der Waals surface area contributed by atoms with Gasteiger partial charge in [0.1, 0.15) is 19.3 Å². The summed E-state index contributed by atoms with van der Waals surface area (Å²) in [5, 5.41) is 10.7. The molecule has 0 heterocycles. The second-order valence-corrected chi connectivity index (χ2v) is 34.0. The Balaban J connectivity index is 5.24. The van der Waals surface area contributed by atoms with E-state index in [0.717, 1.165) is 102 Å². The van der Waals surface area contributed by atoms with Gasteiger partial charge < -0.3 is 33.8 Å². The Bertz CT molecular complexity index is 2000. The maximum Gasteiger partial charge on any atom is 0.472 e. The van der Waals surface area contributed by atoms with Crippen LogP contribution >= 0.6 is 15.6 Å². The topological polar surface area (TPSA) is 237 Å². The molecule has 0 aromatic rings. The van der Waals surface area contributed by atoms with Crippen molar-refractivity contribution in [1.29, 1.82) is 0 Å². The maximum absolute atomic E-state index is 13.1. The van der Waals surface area contributed by atoms with E-state index in [4.69, 9.17) is 37.0 Å². The predicted molar refractivity (Wildman–Crippen MR) is 428 cm³/mol. The quantitative estimate of drug-likeness (QED) is 0.0222. The maximum atomic E-state index is 13.1. The highest BCUT2D eigenvalue weighted by molar-refractivity contribution is 7.47. The molecule has 19 heteroatoms. The van der Waals surface area contributed by atoms with Gasteiger partial charge >= 0.3 is 39.5 Å². The highest BCUT2D eigenvalue weighted by Gasteiger charge is 2.30. The Labute approximate surface area is 638 Å². The van der Waals surface area contributed by atoms with Gasteiger partial charge in [-0.05, 0) is 37.5 Å². The summed E-state index contributed by atoms with van der Waals surface area (Å²) < 4.78 is 68.9. The van der Waals surface area contributed by atoms with Gasteiger partial charge in [0.15, 0.2) is 12.2 Å². The van der Waals surface area contributed by atoms with Gasteiger partial charge in [-0.25, -0.2) is 9.13 Å². The van der Waals surface area contributed by atoms with Gasteiger partial charge in [0.25, 0.3) is 0 Å². The van der Waals surface area contributed by atoms with Gasteiger partial charge in [0, 0.05) is 25.7 Å². The van der Waals surface area contributed by atoms with E-state index in [1.807, 2.05) is 0 Å². The number of phosphoric acid groups is 2. The van der Waals surface area contributed by atoms with Crippen molar-refractivity contribution in [1.82, 2.24) is 0 Å². The van der Waals surface area contributed by atoms with E-state index in [1.165, 1.54) is 270 Å². The second kappa shape index (κ2) is 76.4. The van der Waals surface area contributed by atoms with Crippen LogP contribution in [0.15, 0.2) is 0 Å². The summed E-state index contributed by atoms with van der Waals surface area (Å²) in [5.41, 5.74) is 0. The molecule has 104 heavy (non-hydrogen) atoms. The first-order valence-electron chi connectivity index (χ1n) is 44.1. The number of esters is 4. The fourth-order valence-electron chi connectivity index (χ4n) is 13.2. The lowest BCUT2D eigenvalue weighted by atomic mass is 9.99. The summed E-state index contributed by atoms with van der Waals surface area (Å²) >= 11 is 0. The van der Waals surface area contributed by atoms with Gasteiger partial charge in [-0.1, -0.05) is 401 Å². The van der Waals surface area contributed by atoms with Crippen LogP contribution in [0.5, 0.6) is 0 Å². The molecule has 0 aromatic heterocycles. The number of rotatable bonds is 84. The molecule has 3 N–H and O–H groups in total. The fourth-order valence-corrected chi connectivity index (χ4v) is 14.8. The Hall–Kier alpha value is -1.94. The largest absolute Gasteiger partial charge is 0.472 e.